The maximum Gasteiger partial charge on any atom is 0.266 e. The molecule has 0 atom stereocenters. The van der Waals surface area contributed by atoms with Gasteiger partial charge < -0.3 is 9.73 Å². The number of anilines is 1. The third-order valence-corrected chi connectivity index (χ3v) is 4.18. The second-order valence-electron chi connectivity index (χ2n) is 4.39. The van der Waals surface area contributed by atoms with Crippen molar-refractivity contribution in [3.63, 3.8) is 0 Å². The summed E-state index contributed by atoms with van der Waals surface area (Å²) in [5.74, 6) is 1.23. The van der Waals surface area contributed by atoms with Gasteiger partial charge in [-0.25, -0.2) is 8.42 Å². The Morgan fingerprint density at radius 1 is 1.45 bits per heavy atom. The van der Waals surface area contributed by atoms with Gasteiger partial charge in [0.05, 0.1) is 6.54 Å². The molecular weight excluding hydrogens is 280 g/mol. The Kier molecular flexibility index (Phi) is 4.15. The Labute approximate surface area is 118 Å². The first-order valence-electron chi connectivity index (χ1n) is 6.25. The predicted molar refractivity (Wildman–Crippen MR) is 74.8 cm³/mol. The molecule has 0 amide bonds. The Bertz CT molecular complexity index is 687. The first-order valence-corrected chi connectivity index (χ1v) is 7.73. The number of nitrogens with zero attached hydrogens (tertiary/aromatic N) is 2. The van der Waals surface area contributed by atoms with Crippen molar-refractivity contribution in [1.82, 2.24) is 15.1 Å². The fraction of sp³-hybridized carbons (Fsp3) is 0.417. The van der Waals surface area contributed by atoms with Crippen LogP contribution in [0.3, 0.4) is 0 Å². The molecule has 8 heteroatoms. The number of sulfonamides is 1. The summed E-state index contributed by atoms with van der Waals surface area (Å²) in [5.41, 5.74) is 0. The molecular formula is C12H18N4O3S. The van der Waals surface area contributed by atoms with E-state index in [4.69, 9.17) is 4.42 Å². The number of hydrogen-bond donors (Lipinski definition) is 2. The van der Waals surface area contributed by atoms with Gasteiger partial charge in [-0.3, -0.25) is 9.40 Å². The number of aryl methyl sites for hydroxylation is 2. The zero-order chi connectivity index (χ0) is 14.8. The van der Waals surface area contributed by atoms with Crippen molar-refractivity contribution in [3.05, 3.63) is 29.9 Å². The van der Waals surface area contributed by atoms with Crippen LogP contribution in [0.5, 0.6) is 0 Å². The van der Waals surface area contributed by atoms with E-state index in [2.05, 4.69) is 15.1 Å². The monoisotopic (exact) mass is 298 g/mol. The molecule has 7 nitrogen and oxygen atoms in total. The smallest absolute Gasteiger partial charge is 0.266 e. The normalized spacial score (nSPS) is 11.8. The van der Waals surface area contributed by atoms with Gasteiger partial charge >= 0.3 is 0 Å². The lowest BCUT2D eigenvalue weighted by molar-refractivity contribution is 0.460. The zero-order valence-corrected chi connectivity index (χ0v) is 12.5. The quantitative estimate of drug-likeness (QED) is 0.837. The Morgan fingerprint density at radius 2 is 2.20 bits per heavy atom. The molecule has 0 bridgehead atoms. The molecule has 0 radical (unpaired) electrons. The maximum atomic E-state index is 12.3. The molecule has 20 heavy (non-hydrogen) atoms. The Morgan fingerprint density at radius 3 is 2.80 bits per heavy atom. The molecule has 0 aromatic carbocycles. The molecule has 0 aliphatic heterocycles. The van der Waals surface area contributed by atoms with Crippen molar-refractivity contribution in [2.24, 2.45) is 7.05 Å². The molecule has 0 saturated carbocycles. The van der Waals surface area contributed by atoms with E-state index in [1.165, 1.54) is 10.7 Å². The van der Waals surface area contributed by atoms with Crippen LogP contribution in [-0.2, 0) is 23.6 Å². The van der Waals surface area contributed by atoms with Crippen LogP contribution in [0.15, 0.2) is 27.6 Å². The average molecular weight is 298 g/mol. The Balaban J connectivity index is 2.22. The highest BCUT2D eigenvalue weighted by Crippen LogP contribution is 2.22. The van der Waals surface area contributed by atoms with Gasteiger partial charge in [-0.15, -0.1) is 0 Å². The molecule has 2 heterocycles. The zero-order valence-electron chi connectivity index (χ0n) is 11.7. The van der Waals surface area contributed by atoms with Crippen LogP contribution in [0.1, 0.15) is 18.4 Å². The minimum Gasteiger partial charge on any atom is -0.464 e. The van der Waals surface area contributed by atoms with Gasteiger partial charge in [0.15, 0.2) is 5.82 Å². The highest BCUT2D eigenvalue weighted by atomic mass is 32.2. The summed E-state index contributed by atoms with van der Waals surface area (Å²) >= 11 is 0. The fourth-order valence-electron chi connectivity index (χ4n) is 1.79. The molecule has 2 rings (SSSR count). The number of nitrogens with one attached hydrogen (secondary N) is 2. The summed E-state index contributed by atoms with van der Waals surface area (Å²) in [6, 6.07) is 3.12. The van der Waals surface area contributed by atoms with Crippen molar-refractivity contribution >= 4 is 15.8 Å². The lowest BCUT2D eigenvalue weighted by Gasteiger charge is -2.03. The van der Waals surface area contributed by atoms with E-state index in [1.807, 2.05) is 6.92 Å². The van der Waals surface area contributed by atoms with E-state index in [0.717, 1.165) is 6.54 Å². The van der Waals surface area contributed by atoms with Crippen LogP contribution in [0, 0.1) is 6.92 Å². The fourth-order valence-corrected chi connectivity index (χ4v) is 2.99. The van der Waals surface area contributed by atoms with Gasteiger partial charge in [0, 0.05) is 25.4 Å². The molecule has 0 unspecified atom stereocenters. The molecule has 2 N–H and O–H groups in total. The highest BCUT2D eigenvalue weighted by Gasteiger charge is 2.22. The molecule has 110 valence electrons. The third-order valence-electron chi connectivity index (χ3n) is 2.71. The average Bonchev–Trinajstić information content (AvgIpc) is 2.93. The standard InChI is InChI=1S/C12H18N4O3S/c1-4-13-8-10-7-11(9(2)19-10)20(17,18)15-12-5-6-16(3)14-12/h5-7,13H,4,8H2,1-3H3,(H,14,15). The first-order chi connectivity index (χ1) is 9.42. The summed E-state index contributed by atoms with van der Waals surface area (Å²) in [5, 5.41) is 7.08. The Hall–Kier alpha value is -1.80. The number of aromatic nitrogens is 2. The summed E-state index contributed by atoms with van der Waals surface area (Å²) in [4.78, 5) is 0.135. The largest absolute Gasteiger partial charge is 0.464 e. The van der Waals surface area contributed by atoms with Gasteiger partial charge in [-0.1, -0.05) is 6.92 Å². The van der Waals surface area contributed by atoms with E-state index in [1.54, 1.807) is 26.2 Å². The highest BCUT2D eigenvalue weighted by molar-refractivity contribution is 7.92. The maximum absolute atomic E-state index is 12.3. The van der Waals surface area contributed by atoms with Crippen LogP contribution >= 0.6 is 0 Å². The number of rotatable bonds is 6. The van der Waals surface area contributed by atoms with Crippen LogP contribution in [0.2, 0.25) is 0 Å². The minimum atomic E-state index is -3.68. The molecule has 2 aromatic heterocycles. The topological polar surface area (TPSA) is 89.2 Å². The molecule has 0 fully saturated rings. The number of hydrogen-bond acceptors (Lipinski definition) is 5. The van der Waals surface area contributed by atoms with Gasteiger partial charge in [-0.05, 0) is 13.5 Å². The van der Waals surface area contributed by atoms with E-state index >= 15 is 0 Å². The van der Waals surface area contributed by atoms with Crippen LogP contribution in [-0.4, -0.2) is 24.7 Å². The molecule has 0 spiro atoms. The SMILES string of the molecule is CCNCc1cc(S(=O)(=O)Nc2ccn(C)n2)c(C)o1. The first kappa shape index (κ1) is 14.6. The van der Waals surface area contributed by atoms with E-state index < -0.39 is 10.0 Å². The summed E-state index contributed by atoms with van der Waals surface area (Å²) in [7, 11) is -1.96. The van der Waals surface area contributed by atoms with E-state index in [-0.39, 0.29) is 10.7 Å². The lowest BCUT2D eigenvalue weighted by atomic mass is 10.4. The van der Waals surface area contributed by atoms with Crippen molar-refractivity contribution in [2.75, 3.05) is 11.3 Å². The van der Waals surface area contributed by atoms with Crippen molar-refractivity contribution in [2.45, 2.75) is 25.3 Å². The van der Waals surface area contributed by atoms with Gasteiger partial charge in [0.2, 0.25) is 0 Å². The number of furan rings is 1. The molecule has 0 aliphatic rings. The van der Waals surface area contributed by atoms with Crippen molar-refractivity contribution < 1.29 is 12.8 Å². The van der Waals surface area contributed by atoms with E-state index in [9.17, 15) is 8.42 Å². The van der Waals surface area contributed by atoms with Crippen LogP contribution in [0.25, 0.3) is 0 Å². The predicted octanol–water partition coefficient (Wildman–Crippen LogP) is 1.23. The summed E-state index contributed by atoms with van der Waals surface area (Å²) in [6.07, 6.45) is 1.66. The second-order valence-corrected chi connectivity index (χ2v) is 6.04. The van der Waals surface area contributed by atoms with Crippen molar-refractivity contribution in [3.8, 4) is 0 Å². The van der Waals surface area contributed by atoms with Gasteiger partial charge in [0.1, 0.15) is 16.4 Å². The third kappa shape index (κ3) is 3.20. The second kappa shape index (κ2) is 5.68. The van der Waals surface area contributed by atoms with Crippen molar-refractivity contribution in [1.29, 1.82) is 0 Å². The lowest BCUT2D eigenvalue weighted by Crippen LogP contribution is -2.14. The van der Waals surface area contributed by atoms with Crippen LogP contribution < -0.4 is 10.0 Å². The van der Waals surface area contributed by atoms with Gasteiger partial charge in [0.25, 0.3) is 10.0 Å². The van der Waals surface area contributed by atoms with Crippen LogP contribution in [0.4, 0.5) is 5.82 Å². The molecule has 0 aliphatic carbocycles. The molecule has 0 saturated heterocycles. The van der Waals surface area contributed by atoms with E-state index in [0.29, 0.717) is 18.1 Å². The van der Waals surface area contributed by atoms with Gasteiger partial charge in [-0.2, -0.15) is 5.10 Å². The molecule has 2 aromatic rings. The summed E-state index contributed by atoms with van der Waals surface area (Å²) in [6.45, 7) is 4.88. The summed E-state index contributed by atoms with van der Waals surface area (Å²) < 4.78 is 33.9. The minimum absolute atomic E-state index is 0.135.